The number of rotatable bonds is 5. The fourth-order valence-electron chi connectivity index (χ4n) is 5.60. The first-order valence-corrected chi connectivity index (χ1v) is 10.6. The van der Waals surface area contributed by atoms with E-state index in [1.54, 1.807) is 13.8 Å². The minimum Gasteiger partial charge on any atom is -0.396 e. The lowest BCUT2D eigenvalue weighted by atomic mass is 9.53. The van der Waals surface area contributed by atoms with E-state index in [2.05, 4.69) is 0 Å². The topological polar surface area (TPSA) is 160 Å². The van der Waals surface area contributed by atoms with Crippen molar-refractivity contribution < 1.29 is 45.2 Å². The second-order valence-corrected chi connectivity index (χ2v) is 9.67. The highest BCUT2D eigenvalue weighted by Gasteiger charge is 2.58. The Morgan fingerprint density at radius 2 is 1.80 bits per heavy atom. The predicted molar refractivity (Wildman–Crippen MR) is 105 cm³/mol. The molecule has 1 aliphatic heterocycles. The Hall–Kier alpha value is -0.620. The van der Waals surface area contributed by atoms with Crippen LogP contribution < -0.4 is 0 Å². The number of hydrogen-bond acceptors (Lipinski definition) is 9. The van der Waals surface area contributed by atoms with Crippen LogP contribution in [-0.4, -0.2) is 97.5 Å². The summed E-state index contributed by atoms with van der Waals surface area (Å²) in [6, 6.07) is 0. The first kappa shape index (κ1) is 24.0. The molecule has 1 heterocycles. The van der Waals surface area contributed by atoms with Gasteiger partial charge in [0, 0.05) is 17.3 Å². The van der Waals surface area contributed by atoms with Gasteiger partial charge in [0.05, 0.1) is 31.0 Å². The maximum atomic E-state index is 10.8. The van der Waals surface area contributed by atoms with Crippen molar-refractivity contribution in [2.24, 2.45) is 17.3 Å². The van der Waals surface area contributed by atoms with Crippen LogP contribution in [0.4, 0.5) is 0 Å². The fourth-order valence-corrected chi connectivity index (χ4v) is 5.60. The van der Waals surface area contributed by atoms with E-state index in [4.69, 9.17) is 9.47 Å². The second kappa shape index (κ2) is 8.73. The predicted octanol–water partition coefficient (Wildman–Crippen LogP) is -1.34. The molecule has 9 heteroatoms. The van der Waals surface area contributed by atoms with Gasteiger partial charge in [-0.15, -0.1) is 0 Å². The number of fused-ring (bicyclic) bond motifs is 1. The summed E-state index contributed by atoms with van der Waals surface area (Å²) in [5.74, 6) is -0.869. The molecule has 0 aromatic heterocycles. The minimum absolute atomic E-state index is 0.267. The fraction of sp³-hybridized carbons (Fsp3) is 0.905. The first-order chi connectivity index (χ1) is 14.0. The van der Waals surface area contributed by atoms with Crippen LogP contribution in [0.1, 0.15) is 40.0 Å². The van der Waals surface area contributed by atoms with Crippen LogP contribution in [-0.2, 0) is 9.47 Å². The summed E-state index contributed by atoms with van der Waals surface area (Å²) in [7, 11) is 0. The van der Waals surface area contributed by atoms with Crippen molar-refractivity contribution in [2.75, 3.05) is 13.2 Å². The van der Waals surface area contributed by atoms with Crippen molar-refractivity contribution in [1.29, 1.82) is 0 Å². The standard InChI is InChI=1S/C21H36O9/c1-10-4-5-13(24)21(9-23)7-6-11(20(2,3)28)18(14(10)21)30-19-17(27)16(26)15(25)12(8-22)29-19/h4,11-19,22-28H,5-9H2,1-3H3/t11-,12-,13+,14+,15-,16+,17-,18-,19+,21+/m1/s1. The third-order valence-electron chi connectivity index (χ3n) is 7.42. The maximum absolute atomic E-state index is 10.8. The van der Waals surface area contributed by atoms with Crippen molar-refractivity contribution in [1.82, 2.24) is 0 Å². The molecule has 174 valence electrons. The van der Waals surface area contributed by atoms with E-state index in [1.165, 1.54) is 0 Å². The van der Waals surface area contributed by atoms with Gasteiger partial charge >= 0.3 is 0 Å². The Kier molecular flexibility index (Phi) is 6.99. The first-order valence-electron chi connectivity index (χ1n) is 10.6. The molecule has 2 aliphatic carbocycles. The molecular formula is C21H36O9. The van der Waals surface area contributed by atoms with Crippen LogP contribution >= 0.6 is 0 Å². The molecule has 0 radical (unpaired) electrons. The Bertz CT molecular complexity index is 630. The van der Waals surface area contributed by atoms with E-state index < -0.39 is 72.4 Å². The second-order valence-electron chi connectivity index (χ2n) is 9.67. The van der Waals surface area contributed by atoms with Gasteiger partial charge in [0.25, 0.3) is 0 Å². The van der Waals surface area contributed by atoms with Crippen LogP contribution in [0.25, 0.3) is 0 Å². The maximum Gasteiger partial charge on any atom is 0.187 e. The smallest absolute Gasteiger partial charge is 0.187 e. The average molecular weight is 433 g/mol. The third-order valence-corrected chi connectivity index (χ3v) is 7.42. The Balaban J connectivity index is 1.98. The molecule has 0 bridgehead atoms. The molecule has 0 unspecified atom stereocenters. The molecule has 0 aromatic rings. The zero-order valence-corrected chi connectivity index (χ0v) is 17.8. The molecule has 0 aromatic carbocycles. The molecule has 30 heavy (non-hydrogen) atoms. The van der Waals surface area contributed by atoms with Gasteiger partial charge in [0.1, 0.15) is 24.4 Å². The molecule has 1 saturated heterocycles. The molecule has 0 spiro atoms. The van der Waals surface area contributed by atoms with Gasteiger partial charge in [-0.1, -0.05) is 11.6 Å². The van der Waals surface area contributed by atoms with E-state index >= 15 is 0 Å². The number of hydrogen-bond donors (Lipinski definition) is 7. The van der Waals surface area contributed by atoms with Gasteiger partial charge in [-0.3, -0.25) is 0 Å². The lowest BCUT2D eigenvalue weighted by Gasteiger charge is -2.57. The van der Waals surface area contributed by atoms with Gasteiger partial charge in [-0.05, 0) is 40.0 Å². The van der Waals surface area contributed by atoms with Crippen LogP contribution in [0.15, 0.2) is 11.6 Å². The highest BCUT2D eigenvalue weighted by Crippen LogP contribution is 2.55. The monoisotopic (exact) mass is 432 g/mol. The zero-order chi connectivity index (χ0) is 22.4. The third kappa shape index (κ3) is 3.96. The van der Waals surface area contributed by atoms with Crippen molar-refractivity contribution >= 4 is 0 Å². The summed E-state index contributed by atoms with van der Waals surface area (Å²) >= 11 is 0. The molecule has 0 amide bonds. The van der Waals surface area contributed by atoms with Crippen molar-refractivity contribution in [3.05, 3.63) is 11.6 Å². The Morgan fingerprint density at radius 1 is 1.13 bits per heavy atom. The molecule has 7 N–H and O–H groups in total. The van der Waals surface area contributed by atoms with Crippen molar-refractivity contribution in [3.63, 3.8) is 0 Å². The molecule has 9 nitrogen and oxygen atoms in total. The van der Waals surface area contributed by atoms with Crippen LogP contribution in [0.2, 0.25) is 0 Å². The van der Waals surface area contributed by atoms with Crippen LogP contribution in [0.5, 0.6) is 0 Å². The normalized spacial score (nSPS) is 47.5. The van der Waals surface area contributed by atoms with E-state index in [9.17, 15) is 35.7 Å². The van der Waals surface area contributed by atoms with E-state index in [0.717, 1.165) is 5.57 Å². The lowest BCUT2D eigenvalue weighted by molar-refractivity contribution is -0.331. The quantitative estimate of drug-likeness (QED) is 0.261. The van der Waals surface area contributed by atoms with Gasteiger partial charge in [-0.2, -0.15) is 0 Å². The lowest BCUT2D eigenvalue weighted by Crippen LogP contribution is -2.64. The molecule has 3 aliphatic rings. The average Bonchev–Trinajstić information content (AvgIpc) is 2.70. The van der Waals surface area contributed by atoms with Crippen LogP contribution in [0.3, 0.4) is 0 Å². The molecule has 2 fully saturated rings. The summed E-state index contributed by atoms with van der Waals surface area (Å²) in [5.41, 5.74) is -1.12. The van der Waals surface area contributed by atoms with Crippen molar-refractivity contribution in [2.45, 2.75) is 88.5 Å². The molecule has 1 saturated carbocycles. The highest BCUT2D eigenvalue weighted by molar-refractivity contribution is 5.22. The largest absolute Gasteiger partial charge is 0.396 e. The van der Waals surface area contributed by atoms with E-state index in [-0.39, 0.29) is 6.61 Å². The molecular weight excluding hydrogens is 396 g/mol. The van der Waals surface area contributed by atoms with Crippen LogP contribution in [0, 0.1) is 17.3 Å². The van der Waals surface area contributed by atoms with Gasteiger partial charge in [-0.25, -0.2) is 0 Å². The summed E-state index contributed by atoms with van der Waals surface area (Å²) in [4.78, 5) is 0. The Labute approximate surface area is 176 Å². The zero-order valence-electron chi connectivity index (χ0n) is 17.8. The summed E-state index contributed by atoms with van der Waals surface area (Å²) in [6.45, 7) is 4.36. The Morgan fingerprint density at radius 3 is 2.37 bits per heavy atom. The SMILES string of the molecule is CC1=CC[C@H](O)[C@@]2(CO)CC[C@@H](C(C)(C)O)[C@@H](O[C@@H]3O[C@H](CO)[C@@H](O)[C@H](O)[C@H]3O)[C@H]12. The van der Waals surface area contributed by atoms with Gasteiger partial charge < -0.3 is 45.2 Å². The number of aliphatic hydroxyl groups excluding tert-OH is 6. The number of ether oxygens (including phenoxy) is 2. The van der Waals surface area contributed by atoms with E-state index in [0.29, 0.717) is 19.3 Å². The molecule has 3 rings (SSSR count). The summed E-state index contributed by atoms with van der Waals surface area (Å²) in [6.07, 6.45) is -5.44. The highest BCUT2D eigenvalue weighted by atomic mass is 16.7. The summed E-state index contributed by atoms with van der Waals surface area (Å²) < 4.78 is 11.7. The minimum atomic E-state index is -1.58. The van der Waals surface area contributed by atoms with Gasteiger partial charge in [0.15, 0.2) is 6.29 Å². The van der Waals surface area contributed by atoms with Gasteiger partial charge in [0.2, 0.25) is 0 Å². The number of aliphatic hydroxyl groups is 7. The molecule has 10 atom stereocenters. The summed E-state index contributed by atoms with van der Waals surface area (Å²) in [5, 5.41) is 72.0. The van der Waals surface area contributed by atoms with Crippen molar-refractivity contribution in [3.8, 4) is 0 Å². The van der Waals surface area contributed by atoms with E-state index in [1.807, 2.05) is 13.0 Å².